The first-order valence-electron chi connectivity index (χ1n) is 9.26. The molecule has 0 aromatic heterocycles. The fraction of sp³-hybridized carbons (Fsp3) is 0.409. The molecule has 28 heavy (non-hydrogen) atoms. The molecule has 0 bridgehead atoms. The monoisotopic (exact) mass is 402 g/mol. The molecule has 2 aromatic carbocycles. The number of benzene rings is 2. The third-order valence-electron chi connectivity index (χ3n) is 5.56. The van der Waals surface area contributed by atoms with Gasteiger partial charge in [0.15, 0.2) is 9.84 Å². The van der Waals surface area contributed by atoms with Crippen LogP contribution in [0.2, 0.25) is 0 Å². The molecular weight excluding hydrogens is 376 g/mol. The number of hydrogen-bond acceptors (Lipinski definition) is 4. The number of carboxylic acid groups (broad SMARTS) is 1. The highest BCUT2D eigenvalue weighted by Crippen LogP contribution is 2.48. The minimum absolute atomic E-state index is 0.00459. The average molecular weight is 403 g/mol. The Morgan fingerprint density at radius 1 is 1.14 bits per heavy atom. The van der Waals surface area contributed by atoms with Crippen LogP contribution in [-0.4, -0.2) is 39.0 Å². The van der Waals surface area contributed by atoms with Gasteiger partial charge in [-0.2, -0.15) is 0 Å². The molecular formula is C22H26O5S. The Morgan fingerprint density at radius 3 is 2.32 bits per heavy atom. The number of carboxylic acids is 1. The Kier molecular flexibility index (Phi) is 5.38. The lowest BCUT2D eigenvalue weighted by Crippen LogP contribution is -2.29. The largest absolute Gasteiger partial charge is 0.481 e. The van der Waals surface area contributed by atoms with Crippen LogP contribution in [0.3, 0.4) is 0 Å². The van der Waals surface area contributed by atoms with Gasteiger partial charge in [-0.25, -0.2) is 8.42 Å². The van der Waals surface area contributed by atoms with E-state index in [1.807, 2.05) is 30.3 Å². The van der Waals surface area contributed by atoms with E-state index < -0.39 is 21.2 Å². The van der Waals surface area contributed by atoms with Gasteiger partial charge in [0.1, 0.15) is 0 Å². The number of hydrogen-bond donors (Lipinski definition) is 1. The van der Waals surface area contributed by atoms with Gasteiger partial charge in [-0.1, -0.05) is 42.5 Å². The lowest BCUT2D eigenvalue weighted by molar-refractivity contribution is -0.142. The van der Waals surface area contributed by atoms with Crippen LogP contribution in [0.4, 0.5) is 0 Å². The van der Waals surface area contributed by atoms with Crippen molar-refractivity contribution in [3.8, 4) is 11.1 Å². The normalized spacial score (nSPS) is 16.0. The summed E-state index contributed by atoms with van der Waals surface area (Å²) in [5, 5.41) is 9.58. The first kappa shape index (κ1) is 20.6. The zero-order chi connectivity index (χ0) is 20.6. The summed E-state index contributed by atoms with van der Waals surface area (Å²) in [6.07, 6.45) is 1.64. The van der Waals surface area contributed by atoms with E-state index in [9.17, 15) is 18.3 Å². The number of sulfone groups is 1. The number of aliphatic carboxylic acids is 1. The Hall–Kier alpha value is -2.18. The zero-order valence-electron chi connectivity index (χ0n) is 16.4. The molecule has 0 amide bonds. The number of ether oxygens (including phenoxy) is 1. The molecule has 5 nitrogen and oxygen atoms in total. The fourth-order valence-electron chi connectivity index (χ4n) is 3.44. The maximum absolute atomic E-state index is 13.4. The summed E-state index contributed by atoms with van der Waals surface area (Å²) in [6.45, 7) is 3.57. The molecule has 0 unspecified atom stereocenters. The summed E-state index contributed by atoms with van der Waals surface area (Å²) in [7, 11) is -2.06. The highest BCUT2D eigenvalue weighted by Gasteiger charge is 2.47. The maximum Gasteiger partial charge on any atom is 0.313 e. The summed E-state index contributed by atoms with van der Waals surface area (Å²) in [6, 6.07) is 14.3. The van der Waals surface area contributed by atoms with Crippen molar-refractivity contribution in [2.75, 3.05) is 19.5 Å². The predicted molar refractivity (Wildman–Crippen MR) is 108 cm³/mol. The van der Waals surface area contributed by atoms with Crippen LogP contribution < -0.4 is 0 Å². The van der Waals surface area contributed by atoms with Crippen LogP contribution in [0.1, 0.15) is 32.3 Å². The summed E-state index contributed by atoms with van der Waals surface area (Å²) < 4.78 is 32.0. The Balaban J connectivity index is 2.14. The summed E-state index contributed by atoms with van der Waals surface area (Å²) >= 11 is 0. The second-order valence-corrected chi connectivity index (χ2v) is 10.2. The van der Waals surface area contributed by atoms with Crippen LogP contribution in [0, 0.1) is 5.41 Å². The molecule has 0 radical (unpaired) electrons. The van der Waals surface area contributed by atoms with Gasteiger partial charge in [0.2, 0.25) is 0 Å². The van der Waals surface area contributed by atoms with Gasteiger partial charge in [0.05, 0.1) is 22.7 Å². The van der Waals surface area contributed by atoms with E-state index in [2.05, 4.69) is 0 Å². The molecule has 1 aliphatic rings. The molecule has 1 N–H and O–H groups in total. The van der Waals surface area contributed by atoms with Crippen molar-refractivity contribution in [2.45, 2.75) is 37.0 Å². The molecule has 0 aliphatic heterocycles. The van der Waals surface area contributed by atoms with E-state index in [1.165, 1.54) is 6.07 Å². The van der Waals surface area contributed by atoms with Gasteiger partial charge >= 0.3 is 5.97 Å². The molecule has 2 aromatic rings. The van der Waals surface area contributed by atoms with Crippen molar-refractivity contribution in [1.29, 1.82) is 0 Å². The molecule has 0 saturated heterocycles. The van der Waals surface area contributed by atoms with Crippen molar-refractivity contribution in [3.63, 3.8) is 0 Å². The minimum atomic E-state index is -3.64. The van der Waals surface area contributed by atoms with Gasteiger partial charge in [-0.3, -0.25) is 4.79 Å². The Labute approximate surface area is 166 Å². The van der Waals surface area contributed by atoms with Crippen molar-refractivity contribution in [2.24, 2.45) is 5.41 Å². The SMILES string of the molecule is COCC1(CS(=O)(=O)c2cc(C(C)(C)C(=O)O)ccc2-c2ccccc2)CC1. The molecule has 1 aliphatic carbocycles. The maximum atomic E-state index is 13.4. The van der Waals surface area contributed by atoms with Crippen LogP contribution in [-0.2, 0) is 24.8 Å². The summed E-state index contributed by atoms with van der Waals surface area (Å²) in [5.41, 5.74) is 0.328. The van der Waals surface area contributed by atoms with Gasteiger partial charge in [-0.05, 0) is 43.9 Å². The number of methoxy groups -OCH3 is 1. The average Bonchev–Trinajstić information content (AvgIpc) is 3.40. The van der Waals surface area contributed by atoms with Crippen LogP contribution in [0.15, 0.2) is 53.4 Å². The molecule has 150 valence electrons. The van der Waals surface area contributed by atoms with Crippen LogP contribution >= 0.6 is 0 Å². The molecule has 0 heterocycles. The zero-order valence-corrected chi connectivity index (χ0v) is 17.3. The minimum Gasteiger partial charge on any atom is -0.481 e. The second kappa shape index (κ2) is 7.33. The van der Waals surface area contributed by atoms with E-state index in [-0.39, 0.29) is 16.1 Å². The number of carbonyl (C=O) groups is 1. The van der Waals surface area contributed by atoms with Crippen molar-refractivity contribution in [3.05, 3.63) is 54.1 Å². The lowest BCUT2D eigenvalue weighted by atomic mass is 9.84. The number of rotatable bonds is 8. The summed E-state index contributed by atoms with van der Waals surface area (Å²) in [4.78, 5) is 11.9. The highest BCUT2D eigenvalue weighted by molar-refractivity contribution is 7.91. The van der Waals surface area contributed by atoms with Crippen molar-refractivity contribution < 1.29 is 23.1 Å². The Bertz CT molecular complexity index is 973. The molecule has 1 saturated carbocycles. The lowest BCUT2D eigenvalue weighted by Gasteiger charge is -2.23. The van der Waals surface area contributed by atoms with Gasteiger partial charge in [0.25, 0.3) is 0 Å². The van der Waals surface area contributed by atoms with Gasteiger partial charge in [0, 0.05) is 18.1 Å². The topological polar surface area (TPSA) is 80.7 Å². The first-order valence-corrected chi connectivity index (χ1v) is 10.9. The smallest absolute Gasteiger partial charge is 0.313 e. The van der Waals surface area contributed by atoms with Crippen molar-refractivity contribution in [1.82, 2.24) is 0 Å². The second-order valence-electron chi connectivity index (χ2n) is 8.20. The standard InChI is InChI=1S/C22H26O5S/c1-21(2,20(23)24)17-9-10-18(16-7-5-4-6-8-16)19(13-17)28(25,26)15-22(11-12-22)14-27-3/h4-10,13H,11-12,14-15H2,1-3H3,(H,23,24). The van der Waals surface area contributed by atoms with E-state index in [0.717, 1.165) is 18.4 Å². The van der Waals surface area contributed by atoms with E-state index in [1.54, 1.807) is 33.1 Å². The third kappa shape index (κ3) is 3.98. The van der Waals surface area contributed by atoms with E-state index >= 15 is 0 Å². The molecule has 0 atom stereocenters. The molecule has 0 spiro atoms. The summed E-state index contributed by atoms with van der Waals surface area (Å²) in [5.74, 6) is -0.994. The highest BCUT2D eigenvalue weighted by atomic mass is 32.2. The third-order valence-corrected chi connectivity index (χ3v) is 7.56. The van der Waals surface area contributed by atoms with E-state index in [0.29, 0.717) is 17.7 Å². The van der Waals surface area contributed by atoms with Crippen molar-refractivity contribution >= 4 is 15.8 Å². The first-order chi connectivity index (χ1) is 13.1. The van der Waals surface area contributed by atoms with Crippen LogP contribution in [0.25, 0.3) is 11.1 Å². The molecule has 6 heteroatoms. The van der Waals surface area contributed by atoms with E-state index in [4.69, 9.17) is 4.74 Å². The van der Waals surface area contributed by atoms with Gasteiger partial charge in [-0.15, -0.1) is 0 Å². The quantitative estimate of drug-likeness (QED) is 0.724. The molecule has 1 fully saturated rings. The Morgan fingerprint density at radius 2 is 1.79 bits per heavy atom. The van der Waals surface area contributed by atoms with Gasteiger partial charge < -0.3 is 9.84 Å². The van der Waals surface area contributed by atoms with Crippen LogP contribution in [0.5, 0.6) is 0 Å². The molecule has 3 rings (SSSR count). The predicted octanol–water partition coefficient (Wildman–Crippen LogP) is 3.92. The fourth-order valence-corrected chi connectivity index (χ4v) is 5.60.